The minimum Gasteiger partial charge on any atom is -0.355 e. The molecule has 2 N–H and O–H groups in total. The molecule has 0 saturated heterocycles. The van der Waals surface area contributed by atoms with Crippen molar-refractivity contribution in [3.63, 3.8) is 0 Å². The van der Waals surface area contributed by atoms with E-state index >= 15 is 0 Å². The topological polar surface area (TPSA) is 95.6 Å². The van der Waals surface area contributed by atoms with Crippen molar-refractivity contribution in [2.75, 3.05) is 26.2 Å². The molecule has 0 aromatic heterocycles. The van der Waals surface area contributed by atoms with Crippen LogP contribution in [0.2, 0.25) is 5.02 Å². The molecule has 0 aliphatic heterocycles. The Morgan fingerprint density at radius 3 is 2.54 bits per heavy atom. The van der Waals surface area contributed by atoms with E-state index in [9.17, 15) is 18.0 Å². The predicted octanol–water partition coefficient (Wildman–Crippen LogP) is 0.993. The number of benzene rings is 1. The number of sulfonamides is 1. The Morgan fingerprint density at radius 1 is 1.25 bits per heavy atom. The Labute approximate surface area is 147 Å². The lowest BCUT2D eigenvalue weighted by Crippen LogP contribution is -2.41. The van der Waals surface area contributed by atoms with Gasteiger partial charge in [-0.25, -0.2) is 13.1 Å². The van der Waals surface area contributed by atoms with E-state index in [0.29, 0.717) is 18.1 Å². The smallest absolute Gasteiger partial charge is 0.240 e. The molecule has 0 bridgehead atoms. The number of nitrogens with one attached hydrogen (secondary N) is 2. The molecule has 1 rings (SSSR count). The van der Waals surface area contributed by atoms with E-state index in [1.807, 2.05) is 0 Å². The molecule has 2 amide bonds. The van der Waals surface area contributed by atoms with E-state index in [2.05, 4.69) is 10.0 Å². The van der Waals surface area contributed by atoms with Crippen molar-refractivity contribution < 1.29 is 18.0 Å². The zero-order chi connectivity index (χ0) is 18.2. The Bertz CT molecular complexity index is 679. The zero-order valence-electron chi connectivity index (χ0n) is 13.7. The third-order valence-corrected chi connectivity index (χ3v) is 4.87. The minimum atomic E-state index is -3.73. The molecule has 1 aromatic carbocycles. The van der Waals surface area contributed by atoms with E-state index in [1.165, 1.54) is 23.1 Å². The van der Waals surface area contributed by atoms with Crippen LogP contribution < -0.4 is 10.0 Å². The highest BCUT2D eigenvalue weighted by Gasteiger charge is 2.18. The Balaban J connectivity index is 2.56. The van der Waals surface area contributed by atoms with E-state index < -0.39 is 10.0 Å². The van der Waals surface area contributed by atoms with Crippen molar-refractivity contribution in [1.29, 1.82) is 0 Å². The quantitative estimate of drug-likeness (QED) is 0.672. The van der Waals surface area contributed by atoms with Crippen molar-refractivity contribution in [2.45, 2.75) is 25.2 Å². The summed E-state index contributed by atoms with van der Waals surface area (Å²) in [7, 11) is -3.73. The predicted molar refractivity (Wildman–Crippen MR) is 92.2 cm³/mol. The van der Waals surface area contributed by atoms with Gasteiger partial charge in [-0.3, -0.25) is 9.59 Å². The number of likely N-dealkylation sites (N-methyl/N-ethyl adjacent to an activating group) is 2. The van der Waals surface area contributed by atoms with E-state index in [0.717, 1.165) is 0 Å². The summed E-state index contributed by atoms with van der Waals surface area (Å²) in [6.07, 6.45) is -0.0347. The van der Waals surface area contributed by atoms with Gasteiger partial charge < -0.3 is 10.2 Å². The summed E-state index contributed by atoms with van der Waals surface area (Å²) >= 11 is 5.78. The molecular formula is C15H22ClN3O4S. The van der Waals surface area contributed by atoms with Gasteiger partial charge in [0.2, 0.25) is 21.8 Å². The molecule has 0 unspecified atom stereocenters. The monoisotopic (exact) mass is 375 g/mol. The van der Waals surface area contributed by atoms with Gasteiger partial charge in [0.1, 0.15) is 0 Å². The third-order valence-electron chi connectivity index (χ3n) is 3.18. The summed E-state index contributed by atoms with van der Waals surface area (Å²) < 4.78 is 26.6. The number of nitrogens with zero attached hydrogens (tertiary/aromatic N) is 1. The highest BCUT2D eigenvalue weighted by atomic mass is 35.5. The Kier molecular flexibility index (Phi) is 8.17. The first-order chi connectivity index (χ1) is 11.3. The van der Waals surface area contributed by atoms with Crippen LogP contribution in [0.25, 0.3) is 0 Å². The van der Waals surface area contributed by atoms with Gasteiger partial charge in [0.05, 0.1) is 11.4 Å². The number of rotatable bonds is 9. The molecule has 0 aliphatic rings. The second kappa shape index (κ2) is 9.61. The van der Waals surface area contributed by atoms with Crippen LogP contribution in [0.15, 0.2) is 29.2 Å². The van der Waals surface area contributed by atoms with Crippen molar-refractivity contribution in [3.05, 3.63) is 29.3 Å². The van der Waals surface area contributed by atoms with Gasteiger partial charge in [-0.15, -0.1) is 0 Å². The number of halogens is 1. The lowest BCUT2D eigenvalue weighted by molar-refractivity contribution is -0.135. The molecule has 7 nitrogen and oxygen atoms in total. The minimum absolute atomic E-state index is 0.0347. The van der Waals surface area contributed by atoms with Crippen LogP contribution >= 0.6 is 11.6 Å². The summed E-state index contributed by atoms with van der Waals surface area (Å²) in [5.41, 5.74) is 0. The van der Waals surface area contributed by atoms with Crippen LogP contribution in [0, 0.1) is 0 Å². The molecule has 0 spiro atoms. The molecule has 0 heterocycles. The van der Waals surface area contributed by atoms with Crippen LogP contribution in [-0.2, 0) is 19.6 Å². The maximum Gasteiger partial charge on any atom is 0.240 e. The zero-order valence-corrected chi connectivity index (χ0v) is 15.3. The largest absolute Gasteiger partial charge is 0.355 e. The van der Waals surface area contributed by atoms with Gasteiger partial charge in [-0.2, -0.15) is 0 Å². The average molecular weight is 376 g/mol. The lowest BCUT2D eigenvalue weighted by Gasteiger charge is -2.20. The maximum atomic E-state index is 12.1. The van der Waals surface area contributed by atoms with Gasteiger partial charge in [-0.1, -0.05) is 17.7 Å². The standard InChI is InChI=1S/C15H22ClN3O4S/c1-3-17-14(20)11-19(4-2)15(21)8-9-18-24(22,23)13-7-5-6-12(16)10-13/h5-7,10,18H,3-4,8-9,11H2,1-2H3,(H,17,20). The highest BCUT2D eigenvalue weighted by molar-refractivity contribution is 7.89. The van der Waals surface area contributed by atoms with Crippen molar-refractivity contribution >= 4 is 33.4 Å². The van der Waals surface area contributed by atoms with Crippen molar-refractivity contribution in [1.82, 2.24) is 14.9 Å². The maximum absolute atomic E-state index is 12.1. The molecule has 1 aromatic rings. The summed E-state index contributed by atoms with van der Waals surface area (Å²) in [5.74, 6) is -0.537. The van der Waals surface area contributed by atoms with Crippen LogP contribution in [0.3, 0.4) is 0 Å². The van der Waals surface area contributed by atoms with Gasteiger partial charge in [0.25, 0.3) is 0 Å². The molecule has 0 atom stereocenters. The lowest BCUT2D eigenvalue weighted by atomic mass is 10.3. The van der Waals surface area contributed by atoms with Crippen LogP contribution in [0.5, 0.6) is 0 Å². The first kappa shape index (κ1) is 20.4. The fourth-order valence-electron chi connectivity index (χ4n) is 1.97. The number of carbonyl (C=O) groups is 2. The first-order valence-corrected chi connectivity index (χ1v) is 9.46. The number of carbonyl (C=O) groups excluding carboxylic acids is 2. The summed E-state index contributed by atoms with van der Waals surface area (Å²) in [6, 6.07) is 5.86. The SMILES string of the molecule is CCNC(=O)CN(CC)C(=O)CCNS(=O)(=O)c1cccc(Cl)c1. The van der Waals surface area contributed by atoms with Crippen molar-refractivity contribution in [2.24, 2.45) is 0 Å². The van der Waals surface area contributed by atoms with Gasteiger partial charge >= 0.3 is 0 Å². The van der Waals surface area contributed by atoms with E-state index in [-0.39, 0.29) is 36.2 Å². The fraction of sp³-hybridized carbons (Fsp3) is 0.467. The van der Waals surface area contributed by atoms with Crippen molar-refractivity contribution in [3.8, 4) is 0 Å². The molecule has 0 fully saturated rings. The summed E-state index contributed by atoms with van der Waals surface area (Å²) in [4.78, 5) is 25.0. The van der Waals surface area contributed by atoms with Crippen LogP contribution in [0.4, 0.5) is 0 Å². The van der Waals surface area contributed by atoms with Gasteiger partial charge in [-0.05, 0) is 32.0 Å². The van der Waals surface area contributed by atoms with Gasteiger partial charge in [0, 0.05) is 31.1 Å². The third kappa shape index (κ3) is 6.46. The highest BCUT2D eigenvalue weighted by Crippen LogP contribution is 2.15. The first-order valence-electron chi connectivity index (χ1n) is 7.59. The summed E-state index contributed by atoms with van der Waals surface area (Å²) in [6.45, 7) is 4.32. The average Bonchev–Trinajstić information content (AvgIpc) is 2.52. The molecule has 9 heteroatoms. The summed E-state index contributed by atoms with van der Waals surface area (Å²) in [5, 5.41) is 2.93. The molecular weight excluding hydrogens is 354 g/mol. The van der Waals surface area contributed by atoms with E-state index in [1.54, 1.807) is 19.9 Å². The fourth-order valence-corrected chi connectivity index (χ4v) is 3.30. The Hall–Kier alpha value is -1.64. The molecule has 134 valence electrons. The second-order valence-corrected chi connectivity index (χ2v) is 7.17. The van der Waals surface area contributed by atoms with E-state index in [4.69, 9.17) is 11.6 Å². The molecule has 0 saturated carbocycles. The van der Waals surface area contributed by atoms with Gasteiger partial charge in [0.15, 0.2) is 0 Å². The van der Waals surface area contributed by atoms with Crippen LogP contribution in [0.1, 0.15) is 20.3 Å². The number of amides is 2. The Morgan fingerprint density at radius 2 is 1.96 bits per heavy atom. The normalized spacial score (nSPS) is 11.1. The number of hydrogen-bond acceptors (Lipinski definition) is 4. The molecule has 0 radical (unpaired) electrons. The second-order valence-electron chi connectivity index (χ2n) is 4.97. The van der Waals surface area contributed by atoms with Crippen LogP contribution in [-0.4, -0.2) is 51.3 Å². The molecule has 24 heavy (non-hydrogen) atoms. The molecule has 0 aliphatic carbocycles. The number of hydrogen-bond donors (Lipinski definition) is 2.